The summed E-state index contributed by atoms with van der Waals surface area (Å²) in [6, 6.07) is 4.23. The zero-order chi connectivity index (χ0) is 12.1. The fraction of sp³-hybridized carbons (Fsp3) is 0.250. The topological polar surface area (TPSA) is 20.3 Å². The van der Waals surface area contributed by atoms with Gasteiger partial charge in [0.2, 0.25) is 5.91 Å². The summed E-state index contributed by atoms with van der Waals surface area (Å²) in [5.74, 6) is -0.650. The maximum atomic E-state index is 13.5. The van der Waals surface area contributed by atoms with E-state index >= 15 is 0 Å². The maximum Gasteiger partial charge on any atom is 0.227 e. The van der Waals surface area contributed by atoms with Crippen LogP contribution in [0, 0.1) is 5.82 Å². The highest BCUT2D eigenvalue weighted by atomic mass is 35.5. The van der Waals surface area contributed by atoms with E-state index in [9.17, 15) is 9.18 Å². The molecule has 0 fully saturated rings. The predicted octanol–water partition coefficient (Wildman–Crippen LogP) is 3.41. The molecule has 0 spiro atoms. The largest absolute Gasteiger partial charge is 0.313 e. The van der Waals surface area contributed by atoms with E-state index in [1.54, 1.807) is 12.1 Å². The molecule has 16 heavy (non-hydrogen) atoms. The summed E-state index contributed by atoms with van der Waals surface area (Å²) in [5.41, 5.74) is 0.235. The number of rotatable bonds is 4. The van der Waals surface area contributed by atoms with Crippen molar-refractivity contribution >= 4 is 23.2 Å². The van der Waals surface area contributed by atoms with Crippen molar-refractivity contribution in [3.63, 3.8) is 0 Å². The monoisotopic (exact) mass is 241 g/mol. The van der Waals surface area contributed by atoms with Crippen LogP contribution in [0.4, 0.5) is 10.1 Å². The minimum Gasteiger partial charge on any atom is -0.313 e. The minimum absolute atomic E-state index is 0.152. The highest BCUT2D eigenvalue weighted by molar-refractivity contribution is 6.30. The van der Waals surface area contributed by atoms with Crippen LogP contribution in [0.3, 0.4) is 0 Å². The molecule has 1 aromatic rings. The fourth-order valence-corrected chi connectivity index (χ4v) is 1.44. The zero-order valence-electron chi connectivity index (χ0n) is 9.04. The second kappa shape index (κ2) is 5.66. The van der Waals surface area contributed by atoms with Crippen molar-refractivity contribution in [2.75, 3.05) is 11.9 Å². The number of carbonyl (C=O) groups excluding carboxylic acids is 1. The van der Waals surface area contributed by atoms with E-state index in [0.717, 1.165) is 0 Å². The molecular formula is C12H13ClFNO. The van der Waals surface area contributed by atoms with Crippen molar-refractivity contribution in [1.29, 1.82) is 0 Å². The molecule has 0 aliphatic carbocycles. The molecule has 0 N–H and O–H groups in total. The van der Waals surface area contributed by atoms with Gasteiger partial charge in [-0.2, -0.15) is 0 Å². The number of hydrogen-bond acceptors (Lipinski definition) is 1. The fourth-order valence-electron chi connectivity index (χ4n) is 1.28. The van der Waals surface area contributed by atoms with Crippen molar-refractivity contribution in [1.82, 2.24) is 0 Å². The number of carbonyl (C=O) groups is 1. The summed E-state index contributed by atoms with van der Waals surface area (Å²) < 4.78 is 13.5. The molecule has 2 nitrogen and oxygen atoms in total. The Hall–Kier alpha value is -1.35. The van der Waals surface area contributed by atoms with E-state index in [4.69, 9.17) is 11.6 Å². The third kappa shape index (κ3) is 3.07. The summed E-state index contributed by atoms with van der Waals surface area (Å²) in [5, 5.41) is 0.313. The van der Waals surface area contributed by atoms with Gasteiger partial charge in [0.25, 0.3) is 0 Å². The van der Waals surface area contributed by atoms with Gasteiger partial charge >= 0.3 is 0 Å². The third-order valence-electron chi connectivity index (χ3n) is 2.21. The number of amides is 1. The van der Waals surface area contributed by atoms with Gasteiger partial charge < -0.3 is 4.90 Å². The van der Waals surface area contributed by atoms with Crippen LogP contribution in [0.1, 0.15) is 12.8 Å². The first kappa shape index (κ1) is 12.7. The smallest absolute Gasteiger partial charge is 0.227 e. The molecule has 1 aromatic carbocycles. The lowest BCUT2D eigenvalue weighted by Crippen LogP contribution is -2.26. The zero-order valence-corrected chi connectivity index (χ0v) is 9.80. The van der Waals surface area contributed by atoms with Gasteiger partial charge in [0.15, 0.2) is 0 Å². The minimum atomic E-state index is -0.498. The first-order valence-corrected chi connectivity index (χ1v) is 5.26. The van der Waals surface area contributed by atoms with Crippen LogP contribution in [0.25, 0.3) is 0 Å². The van der Waals surface area contributed by atoms with Crippen LogP contribution in [0.15, 0.2) is 30.9 Å². The molecule has 0 atom stereocenters. The Morgan fingerprint density at radius 3 is 2.88 bits per heavy atom. The molecule has 1 amide bonds. The van der Waals surface area contributed by atoms with Crippen molar-refractivity contribution in [3.8, 4) is 0 Å². The third-order valence-corrected chi connectivity index (χ3v) is 2.44. The Kier molecular flexibility index (Phi) is 4.50. The molecular weight excluding hydrogens is 229 g/mol. The Bertz CT molecular complexity index is 406. The number of allylic oxidation sites excluding steroid dienone is 1. The first-order chi connectivity index (χ1) is 7.56. The molecule has 0 bridgehead atoms. The van der Waals surface area contributed by atoms with Crippen LogP contribution in [-0.2, 0) is 4.79 Å². The van der Waals surface area contributed by atoms with Gasteiger partial charge in [-0.3, -0.25) is 4.79 Å². The molecule has 0 aromatic heterocycles. The van der Waals surface area contributed by atoms with E-state index in [1.165, 1.54) is 24.1 Å². The number of halogens is 2. The average Bonchev–Trinajstić information content (AvgIpc) is 2.25. The van der Waals surface area contributed by atoms with Crippen LogP contribution >= 0.6 is 11.6 Å². The van der Waals surface area contributed by atoms with Crippen molar-refractivity contribution in [2.24, 2.45) is 0 Å². The van der Waals surface area contributed by atoms with Gasteiger partial charge in [0.05, 0.1) is 5.69 Å². The maximum absolute atomic E-state index is 13.5. The van der Waals surface area contributed by atoms with Crippen molar-refractivity contribution < 1.29 is 9.18 Å². The van der Waals surface area contributed by atoms with Crippen LogP contribution in [0.2, 0.25) is 5.02 Å². The second-order valence-electron chi connectivity index (χ2n) is 3.38. The molecule has 0 unspecified atom stereocenters. The van der Waals surface area contributed by atoms with Gasteiger partial charge in [-0.15, -0.1) is 6.58 Å². The van der Waals surface area contributed by atoms with Crippen LogP contribution in [0.5, 0.6) is 0 Å². The SMILES string of the molecule is C=CCCC(=O)N(C)c1ccc(Cl)cc1F. The summed E-state index contributed by atoms with van der Waals surface area (Å²) in [7, 11) is 1.54. The molecule has 86 valence electrons. The average molecular weight is 242 g/mol. The van der Waals surface area contributed by atoms with E-state index in [0.29, 0.717) is 17.9 Å². The predicted molar refractivity (Wildman–Crippen MR) is 64.3 cm³/mol. The Balaban J connectivity index is 2.83. The van der Waals surface area contributed by atoms with E-state index < -0.39 is 5.82 Å². The lowest BCUT2D eigenvalue weighted by atomic mass is 10.2. The van der Waals surface area contributed by atoms with Crippen LogP contribution < -0.4 is 4.90 Å². The van der Waals surface area contributed by atoms with Crippen molar-refractivity contribution in [3.05, 3.63) is 41.7 Å². The van der Waals surface area contributed by atoms with E-state index in [-0.39, 0.29) is 11.6 Å². The summed E-state index contributed by atoms with van der Waals surface area (Å²) in [4.78, 5) is 12.9. The molecule has 1 rings (SSSR count). The molecule has 0 heterocycles. The molecule has 0 aliphatic rings. The highest BCUT2D eigenvalue weighted by Crippen LogP contribution is 2.22. The normalized spacial score (nSPS) is 9.94. The number of benzene rings is 1. The summed E-state index contributed by atoms with van der Waals surface area (Å²) in [6.45, 7) is 3.53. The quantitative estimate of drug-likeness (QED) is 0.740. The first-order valence-electron chi connectivity index (χ1n) is 4.88. The highest BCUT2D eigenvalue weighted by Gasteiger charge is 2.13. The molecule has 0 saturated heterocycles. The standard InChI is InChI=1S/C12H13ClFNO/c1-3-4-5-12(16)15(2)11-7-6-9(13)8-10(11)14/h3,6-8H,1,4-5H2,2H3. The lowest BCUT2D eigenvalue weighted by molar-refractivity contribution is -0.118. The lowest BCUT2D eigenvalue weighted by Gasteiger charge is -2.17. The Morgan fingerprint density at radius 2 is 2.31 bits per heavy atom. The van der Waals surface area contributed by atoms with E-state index in [2.05, 4.69) is 6.58 Å². The Morgan fingerprint density at radius 1 is 1.62 bits per heavy atom. The summed E-state index contributed by atoms with van der Waals surface area (Å²) in [6.07, 6.45) is 2.56. The van der Waals surface area contributed by atoms with Gasteiger partial charge in [-0.05, 0) is 24.6 Å². The summed E-state index contributed by atoms with van der Waals surface area (Å²) >= 11 is 5.63. The number of anilines is 1. The molecule has 0 saturated carbocycles. The van der Waals surface area contributed by atoms with Gasteiger partial charge in [0, 0.05) is 18.5 Å². The second-order valence-corrected chi connectivity index (χ2v) is 3.81. The Labute approximate surface area is 99.3 Å². The van der Waals surface area contributed by atoms with Crippen LogP contribution in [-0.4, -0.2) is 13.0 Å². The van der Waals surface area contributed by atoms with E-state index in [1.807, 2.05) is 0 Å². The molecule has 0 aliphatic heterocycles. The number of nitrogens with zero attached hydrogens (tertiary/aromatic N) is 1. The van der Waals surface area contributed by atoms with Crippen molar-refractivity contribution in [2.45, 2.75) is 12.8 Å². The number of hydrogen-bond donors (Lipinski definition) is 0. The molecule has 0 radical (unpaired) electrons. The van der Waals surface area contributed by atoms with Gasteiger partial charge in [0.1, 0.15) is 5.82 Å². The van der Waals surface area contributed by atoms with Gasteiger partial charge in [-0.25, -0.2) is 4.39 Å². The molecule has 4 heteroatoms. The van der Waals surface area contributed by atoms with Gasteiger partial charge in [-0.1, -0.05) is 17.7 Å².